The Morgan fingerprint density at radius 1 is 1.67 bits per heavy atom. The number of carbonyl (C=O) groups is 1. The van der Waals surface area contributed by atoms with E-state index in [9.17, 15) is 4.79 Å². The summed E-state index contributed by atoms with van der Waals surface area (Å²) in [5, 5.41) is 15.6. The minimum Gasteiger partial charge on any atom is -0.476 e. The molecule has 0 aliphatic rings. The van der Waals surface area contributed by atoms with E-state index in [-0.39, 0.29) is 5.69 Å². The zero-order valence-corrected chi connectivity index (χ0v) is 6.50. The molecule has 0 aliphatic heterocycles. The highest BCUT2D eigenvalue weighted by Crippen LogP contribution is 2.17. The van der Waals surface area contributed by atoms with E-state index in [1.807, 2.05) is 0 Å². The molecular weight excluding hydrogens is 178 g/mol. The summed E-state index contributed by atoms with van der Waals surface area (Å²) < 4.78 is 0.683. The molecule has 2 aromatic rings. The minimum absolute atomic E-state index is 0.120. The van der Waals surface area contributed by atoms with E-state index in [1.165, 1.54) is 17.5 Å². The number of carboxylic acid groups (broad SMARTS) is 1. The van der Waals surface area contributed by atoms with Crippen LogP contribution >= 0.6 is 11.3 Å². The molecule has 2 aromatic heterocycles. The number of carboxylic acids is 1. The van der Waals surface area contributed by atoms with Crippen molar-refractivity contribution >= 4 is 27.5 Å². The third-order valence-corrected chi connectivity index (χ3v) is 2.01. The summed E-state index contributed by atoms with van der Waals surface area (Å²) >= 11 is 1.22. The predicted molar refractivity (Wildman–Crippen MR) is 41.0 cm³/mol. The van der Waals surface area contributed by atoms with Crippen molar-refractivity contribution in [3.05, 3.63) is 17.4 Å². The molecule has 0 atom stereocenters. The van der Waals surface area contributed by atoms with Crippen molar-refractivity contribution in [1.29, 1.82) is 0 Å². The Kier molecular flexibility index (Phi) is 1.47. The maximum absolute atomic E-state index is 10.6. The molecule has 2 rings (SSSR count). The molecule has 59 valence electrons. The van der Waals surface area contributed by atoms with Crippen molar-refractivity contribution in [1.82, 2.24) is 15.2 Å². The lowest BCUT2D eigenvalue weighted by Crippen LogP contribution is -2.02. The molecule has 12 heavy (non-hydrogen) atoms. The van der Waals surface area contributed by atoms with Gasteiger partial charge in [0.15, 0.2) is 11.2 Å². The van der Waals surface area contributed by atoms with Gasteiger partial charge < -0.3 is 5.11 Å². The number of thiazole rings is 1. The third-order valence-electron chi connectivity index (χ3n) is 1.31. The fourth-order valence-electron chi connectivity index (χ4n) is 0.809. The van der Waals surface area contributed by atoms with E-state index < -0.39 is 5.97 Å². The molecule has 0 unspecified atom stereocenters. The van der Waals surface area contributed by atoms with Gasteiger partial charge in [0.05, 0.1) is 10.9 Å². The highest BCUT2D eigenvalue weighted by Gasteiger charge is 2.12. The molecule has 0 saturated carbocycles. The van der Waals surface area contributed by atoms with Gasteiger partial charge in [-0.1, -0.05) is 0 Å². The highest BCUT2D eigenvalue weighted by molar-refractivity contribution is 7.16. The Morgan fingerprint density at radius 2 is 2.50 bits per heavy atom. The van der Waals surface area contributed by atoms with Crippen molar-refractivity contribution in [2.75, 3.05) is 0 Å². The number of hydrogen-bond acceptors (Lipinski definition) is 5. The van der Waals surface area contributed by atoms with Crippen LogP contribution in [0, 0.1) is 5.51 Å². The van der Waals surface area contributed by atoms with Crippen LogP contribution in [-0.2, 0) is 0 Å². The van der Waals surface area contributed by atoms with E-state index in [2.05, 4.69) is 20.7 Å². The zero-order chi connectivity index (χ0) is 8.55. The Labute approximate surface area is 70.7 Å². The number of aromatic carboxylic acids is 1. The average Bonchev–Trinajstić information content (AvgIpc) is 2.49. The Balaban J connectivity index is 2.82. The smallest absolute Gasteiger partial charge is 0.358 e. The Hall–Kier alpha value is -1.56. The first-order valence-corrected chi connectivity index (χ1v) is 3.82. The summed E-state index contributed by atoms with van der Waals surface area (Å²) in [5.41, 5.74) is 2.81. The van der Waals surface area contributed by atoms with Gasteiger partial charge in [0.2, 0.25) is 0 Å². The Bertz CT molecular complexity index is 439. The van der Waals surface area contributed by atoms with Gasteiger partial charge in [-0.05, 0) is 0 Å². The van der Waals surface area contributed by atoms with E-state index in [0.29, 0.717) is 10.2 Å². The quantitative estimate of drug-likeness (QED) is 0.694. The van der Waals surface area contributed by atoms with Gasteiger partial charge in [0.1, 0.15) is 5.52 Å². The highest BCUT2D eigenvalue weighted by atomic mass is 32.1. The van der Waals surface area contributed by atoms with Crippen LogP contribution < -0.4 is 0 Å². The van der Waals surface area contributed by atoms with Crippen LogP contribution in [0.15, 0.2) is 6.20 Å². The lowest BCUT2D eigenvalue weighted by molar-refractivity contribution is 0.0691. The average molecular weight is 180 g/mol. The molecule has 0 bridgehead atoms. The van der Waals surface area contributed by atoms with Crippen LogP contribution in [0.2, 0.25) is 0 Å². The second-order valence-corrected chi connectivity index (χ2v) is 2.84. The first kappa shape index (κ1) is 7.11. The van der Waals surface area contributed by atoms with E-state index >= 15 is 0 Å². The molecule has 0 aromatic carbocycles. The summed E-state index contributed by atoms with van der Waals surface area (Å²) in [5.74, 6) is -1.12. The van der Waals surface area contributed by atoms with Crippen LogP contribution in [0.25, 0.3) is 10.2 Å². The maximum Gasteiger partial charge on any atom is 0.358 e. The molecule has 0 saturated heterocycles. The van der Waals surface area contributed by atoms with E-state index in [0.717, 1.165) is 0 Å². The second kappa shape index (κ2) is 2.49. The lowest BCUT2D eigenvalue weighted by Gasteiger charge is -1.90. The summed E-state index contributed by atoms with van der Waals surface area (Å²) in [6.45, 7) is 0. The molecule has 0 fully saturated rings. The predicted octanol–water partition coefficient (Wildman–Crippen LogP) is 0.585. The van der Waals surface area contributed by atoms with Gasteiger partial charge in [-0.15, -0.1) is 16.4 Å². The standard InChI is InChI=1S/C6H2N3O2S/c10-6(11)5-4-3(1-8-9-5)12-2-7-4/h1H,(H,10,11). The summed E-state index contributed by atoms with van der Waals surface area (Å²) in [7, 11) is 0. The van der Waals surface area contributed by atoms with Crippen LogP contribution in [0.3, 0.4) is 0 Å². The van der Waals surface area contributed by atoms with Gasteiger partial charge in [0.25, 0.3) is 0 Å². The van der Waals surface area contributed by atoms with Gasteiger partial charge in [-0.3, -0.25) is 0 Å². The van der Waals surface area contributed by atoms with E-state index in [4.69, 9.17) is 5.11 Å². The summed E-state index contributed by atoms with van der Waals surface area (Å²) in [6, 6.07) is 0. The number of nitrogens with zero attached hydrogens (tertiary/aromatic N) is 3. The molecule has 1 N–H and O–H groups in total. The number of rotatable bonds is 1. The van der Waals surface area contributed by atoms with Crippen molar-refractivity contribution in [2.24, 2.45) is 0 Å². The van der Waals surface area contributed by atoms with Gasteiger partial charge in [-0.25, -0.2) is 9.78 Å². The van der Waals surface area contributed by atoms with Crippen molar-refractivity contribution in [3.8, 4) is 0 Å². The van der Waals surface area contributed by atoms with Gasteiger partial charge in [-0.2, -0.15) is 5.10 Å². The fraction of sp³-hybridized carbons (Fsp3) is 0. The zero-order valence-electron chi connectivity index (χ0n) is 5.68. The fourth-order valence-corrected chi connectivity index (χ4v) is 1.38. The molecule has 0 amide bonds. The van der Waals surface area contributed by atoms with Gasteiger partial charge >= 0.3 is 5.97 Å². The van der Waals surface area contributed by atoms with Crippen LogP contribution in [0.5, 0.6) is 0 Å². The van der Waals surface area contributed by atoms with Crippen LogP contribution in [0.1, 0.15) is 10.5 Å². The molecule has 0 aliphatic carbocycles. The minimum atomic E-state index is -1.12. The molecule has 6 heteroatoms. The molecular formula is C6H2N3O2S. The van der Waals surface area contributed by atoms with E-state index in [1.54, 1.807) is 0 Å². The molecule has 0 spiro atoms. The Morgan fingerprint density at radius 3 is 3.25 bits per heavy atom. The van der Waals surface area contributed by atoms with Crippen molar-refractivity contribution < 1.29 is 9.90 Å². The first-order chi connectivity index (χ1) is 5.79. The number of aromatic nitrogens is 3. The lowest BCUT2D eigenvalue weighted by atomic mass is 10.3. The summed E-state index contributed by atoms with van der Waals surface area (Å²) in [4.78, 5) is 14.3. The monoisotopic (exact) mass is 180 g/mol. The SMILES string of the molecule is O=C(O)c1nncc2s[c]nc12. The van der Waals surface area contributed by atoms with Crippen molar-refractivity contribution in [3.63, 3.8) is 0 Å². The first-order valence-electron chi connectivity index (χ1n) is 3.00. The normalized spacial score (nSPS) is 10.3. The topological polar surface area (TPSA) is 76.0 Å². The summed E-state index contributed by atoms with van der Waals surface area (Å²) in [6.07, 6.45) is 1.47. The molecule has 1 radical (unpaired) electrons. The van der Waals surface area contributed by atoms with Gasteiger partial charge in [0, 0.05) is 0 Å². The third kappa shape index (κ3) is 0.928. The number of fused-ring (bicyclic) bond motifs is 1. The largest absolute Gasteiger partial charge is 0.476 e. The van der Waals surface area contributed by atoms with Crippen molar-refractivity contribution in [2.45, 2.75) is 0 Å². The second-order valence-electron chi connectivity index (χ2n) is 2.02. The molecule has 5 nitrogen and oxygen atoms in total. The molecule has 2 heterocycles. The maximum atomic E-state index is 10.6. The van der Waals surface area contributed by atoms with Crippen LogP contribution in [0.4, 0.5) is 0 Å². The number of hydrogen-bond donors (Lipinski definition) is 1. The van der Waals surface area contributed by atoms with Crippen LogP contribution in [-0.4, -0.2) is 26.3 Å².